The zero-order chi connectivity index (χ0) is 21.1. The fourth-order valence-electron chi connectivity index (χ4n) is 3.11. The van der Waals surface area contributed by atoms with E-state index < -0.39 is 0 Å². The van der Waals surface area contributed by atoms with Crippen LogP contribution in [0, 0.1) is 11.7 Å². The third kappa shape index (κ3) is 6.59. The molecule has 5 nitrogen and oxygen atoms in total. The van der Waals surface area contributed by atoms with Crippen molar-refractivity contribution in [3.8, 4) is 0 Å². The number of hydrogen-bond donors (Lipinski definition) is 3. The molecule has 0 amide bonds. The first-order valence-corrected chi connectivity index (χ1v) is 9.87. The molecule has 28 heavy (non-hydrogen) atoms. The summed E-state index contributed by atoms with van der Waals surface area (Å²) in [6.07, 6.45) is 3.08. The van der Waals surface area contributed by atoms with E-state index in [1.165, 1.54) is 12.1 Å². The van der Waals surface area contributed by atoms with Crippen LogP contribution in [0.1, 0.15) is 39.2 Å². The number of nitrogens with one attached hydrogen (secondary N) is 3. The molecule has 3 N–H and O–H groups in total. The Hall–Kier alpha value is -2.50. The molecule has 0 saturated heterocycles. The molecule has 0 fully saturated rings. The van der Waals surface area contributed by atoms with E-state index in [-0.39, 0.29) is 12.0 Å². The van der Waals surface area contributed by atoms with Gasteiger partial charge in [0.05, 0.1) is 5.70 Å². The van der Waals surface area contributed by atoms with Gasteiger partial charge < -0.3 is 25.6 Å². The Bertz CT molecular complexity index is 642. The Labute approximate surface area is 169 Å². The SMILES string of the molecule is C=C(NC)C1=C(NCCC)NC(Cc2ccc(F)cc2)N1CCC(C)C.C=O. The number of carbonyl (C=O) groups is 1. The summed E-state index contributed by atoms with van der Waals surface area (Å²) >= 11 is 0. The van der Waals surface area contributed by atoms with E-state index in [4.69, 9.17) is 4.79 Å². The molecule has 6 heteroatoms. The van der Waals surface area contributed by atoms with Crippen LogP contribution in [-0.4, -0.2) is 38.0 Å². The fourth-order valence-corrected chi connectivity index (χ4v) is 3.11. The first-order valence-electron chi connectivity index (χ1n) is 9.87. The number of benzene rings is 1. The third-order valence-electron chi connectivity index (χ3n) is 4.64. The van der Waals surface area contributed by atoms with Crippen LogP contribution < -0.4 is 16.0 Å². The molecular formula is C22H35FN4O. The van der Waals surface area contributed by atoms with E-state index >= 15 is 0 Å². The van der Waals surface area contributed by atoms with Crippen LogP contribution in [0.15, 0.2) is 48.1 Å². The van der Waals surface area contributed by atoms with E-state index in [1.54, 1.807) is 0 Å². The summed E-state index contributed by atoms with van der Waals surface area (Å²) < 4.78 is 13.2. The van der Waals surface area contributed by atoms with Crippen LogP contribution in [0.25, 0.3) is 0 Å². The lowest BCUT2D eigenvalue weighted by Gasteiger charge is -2.30. The van der Waals surface area contributed by atoms with Crippen LogP contribution in [0.2, 0.25) is 0 Å². The van der Waals surface area contributed by atoms with E-state index in [2.05, 4.69) is 48.2 Å². The van der Waals surface area contributed by atoms with Crippen molar-refractivity contribution in [2.45, 2.75) is 46.2 Å². The van der Waals surface area contributed by atoms with Crippen LogP contribution in [0.3, 0.4) is 0 Å². The van der Waals surface area contributed by atoms with Crippen LogP contribution in [0.4, 0.5) is 4.39 Å². The maximum atomic E-state index is 13.2. The first-order chi connectivity index (χ1) is 13.5. The van der Waals surface area contributed by atoms with Gasteiger partial charge in [0.25, 0.3) is 0 Å². The average molecular weight is 391 g/mol. The summed E-state index contributed by atoms with van der Waals surface area (Å²) in [5.41, 5.74) is 3.12. The van der Waals surface area contributed by atoms with E-state index in [1.807, 2.05) is 26.0 Å². The second-order valence-electron chi connectivity index (χ2n) is 7.25. The number of hydrogen-bond acceptors (Lipinski definition) is 5. The molecular weight excluding hydrogens is 355 g/mol. The summed E-state index contributed by atoms with van der Waals surface area (Å²) in [6, 6.07) is 6.78. The van der Waals surface area contributed by atoms with Crippen LogP contribution in [0.5, 0.6) is 0 Å². The van der Waals surface area contributed by atoms with Gasteiger partial charge in [0.15, 0.2) is 0 Å². The Morgan fingerprint density at radius 3 is 2.46 bits per heavy atom. The number of nitrogens with zero attached hydrogens (tertiary/aromatic N) is 1. The topological polar surface area (TPSA) is 56.4 Å². The summed E-state index contributed by atoms with van der Waals surface area (Å²) in [7, 11) is 1.90. The summed E-state index contributed by atoms with van der Waals surface area (Å²) in [4.78, 5) is 10.4. The lowest BCUT2D eigenvalue weighted by Crippen LogP contribution is -2.41. The number of rotatable bonds is 10. The van der Waals surface area contributed by atoms with Crippen molar-refractivity contribution in [2.24, 2.45) is 5.92 Å². The van der Waals surface area contributed by atoms with Crippen molar-refractivity contribution in [2.75, 3.05) is 20.1 Å². The normalized spacial score (nSPS) is 15.8. The molecule has 0 saturated carbocycles. The second-order valence-corrected chi connectivity index (χ2v) is 7.25. The van der Waals surface area contributed by atoms with Gasteiger partial charge in [-0.25, -0.2) is 4.39 Å². The second kappa shape index (κ2) is 12.1. The van der Waals surface area contributed by atoms with Crippen molar-refractivity contribution in [1.82, 2.24) is 20.9 Å². The summed E-state index contributed by atoms with van der Waals surface area (Å²) in [6.45, 7) is 14.7. The minimum Gasteiger partial charge on any atom is -0.387 e. The Kier molecular flexibility index (Phi) is 10.1. The van der Waals surface area contributed by atoms with E-state index in [0.717, 1.165) is 55.1 Å². The zero-order valence-electron chi connectivity index (χ0n) is 17.6. The predicted octanol–water partition coefficient (Wildman–Crippen LogP) is 3.36. The molecule has 1 atom stereocenters. The highest BCUT2D eigenvalue weighted by Gasteiger charge is 2.32. The van der Waals surface area contributed by atoms with Crippen LogP contribution in [-0.2, 0) is 11.2 Å². The molecule has 1 aliphatic heterocycles. The van der Waals surface area contributed by atoms with Crippen molar-refractivity contribution in [3.05, 3.63) is 59.4 Å². The van der Waals surface area contributed by atoms with Crippen molar-refractivity contribution in [3.63, 3.8) is 0 Å². The molecule has 0 radical (unpaired) electrons. The van der Waals surface area contributed by atoms with Crippen molar-refractivity contribution in [1.29, 1.82) is 0 Å². The first kappa shape index (κ1) is 23.5. The number of halogens is 1. The average Bonchev–Trinajstić information content (AvgIpc) is 3.04. The minimum atomic E-state index is -0.197. The molecule has 1 aromatic carbocycles. The Morgan fingerprint density at radius 1 is 1.29 bits per heavy atom. The smallest absolute Gasteiger partial charge is 0.127 e. The Morgan fingerprint density at radius 2 is 1.93 bits per heavy atom. The molecule has 2 rings (SSSR count). The van der Waals surface area contributed by atoms with Gasteiger partial charge in [-0.15, -0.1) is 0 Å². The minimum absolute atomic E-state index is 0.124. The monoisotopic (exact) mass is 390 g/mol. The maximum absolute atomic E-state index is 13.2. The lowest BCUT2D eigenvalue weighted by molar-refractivity contribution is -0.0979. The van der Waals surface area contributed by atoms with Gasteiger partial charge in [0.2, 0.25) is 0 Å². The van der Waals surface area contributed by atoms with Gasteiger partial charge in [-0.05, 0) is 36.5 Å². The maximum Gasteiger partial charge on any atom is 0.127 e. The summed E-state index contributed by atoms with van der Waals surface area (Å²) in [5.74, 6) is 1.46. The van der Waals surface area contributed by atoms with E-state index in [9.17, 15) is 4.39 Å². The largest absolute Gasteiger partial charge is 0.387 e. The van der Waals surface area contributed by atoms with Gasteiger partial charge >= 0.3 is 0 Å². The molecule has 0 bridgehead atoms. The lowest BCUT2D eigenvalue weighted by atomic mass is 10.1. The van der Waals surface area contributed by atoms with E-state index in [0.29, 0.717) is 5.92 Å². The van der Waals surface area contributed by atoms with Gasteiger partial charge in [0.1, 0.15) is 30.3 Å². The number of carbonyl (C=O) groups excluding carboxylic acids is 1. The highest BCUT2D eigenvalue weighted by molar-refractivity contribution is 5.35. The number of likely N-dealkylation sites (N-methyl/N-ethyl adjacent to an activating group) is 1. The highest BCUT2D eigenvalue weighted by atomic mass is 19.1. The molecule has 1 heterocycles. The molecule has 156 valence electrons. The van der Waals surface area contributed by atoms with Crippen LogP contribution >= 0.6 is 0 Å². The quantitative estimate of drug-likeness (QED) is 0.572. The fraction of sp³-hybridized carbons (Fsp3) is 0.500. The highest BCUT2D eigenvalue weighted by Crippen LogP contribution is 2.26. The molecule has 1 unspecified atom stereocenters. The van der Waals surface area contributed by atoms with Gasteiger partial charge in [-0.2, -0.15) is 0 Å². The van der Waals surface area contributed by atoms with Crippen molar-refractivity contribution >= 4 is 6.79 Å². The molecule has 1 aliphatic rings. The molecule has 0 aliphatic carbocycles. The standard InChI is InChI=1S/C21H33FN4.CH2O/c1-6-12-24-21-20(16(4)23-5)26(13-11-15(2)3)19(25-21)14-17-7-9-18(22)10-8-17;1-2/h7-10,15,19,23-25H,4,6,11-14H2,1-3,5H3;1H2. The van der Waals surface area contributed by atoms with Gasteiger partial charge in [0, 0.05) is 26.6 Å². The zero-order valence-corrected chi connectivity index (χ0v) is 17.6. The molecule has 1 aromatic rings. The van der Waals surface area contributed by atoms with Crippen molar-refractivity contribution < 1.29 is 9.18 Å². The Balaban J connectivity index is 0.00000190. The third-order valence-corrected chi connectivity index (χ3v) is 4.64. The molecule has 0 aromatic heterocycles. The summed E-state index contributed by atoms with van der Waals surface area (Å²) in [5, 5.41) is 10.3. The van der Waals surface area contributed by atoms with Gasteiger partial charge in [-0.1, -0.05) is 39.5 Å². The molecule has 0 spiro atoms. The van der Waals surface area contributed by atoms with Gasteiger partial charge in [-0.3, -0.25) is 0 Å². The predicted molar refractivity (Wildman–Crippen MR) is 114 cm³/mol.